The summed E-state index contributed by atoms with van der Waals surface area (Å²) in [7, 11) is 1.57. The zero-order valence-corrected chi connectivity index (χ0v) is 14.0. The predicted octanol–water partition coefficient (Wildman–Crippen LogP) is 1.29. The van der Waals surface area contributed by atoms with Crippen molar-refractivity contribution in [2.24, 2.45) is 0 Å². The molecule has 3 N–H and O–H groups in total. The van der Waals surface area contributed by atoms with Crippen LogP contribution in [0.25, 0.3) is 11.3 Å². The van der Waals surface area contributed by atoms with Crippen molar-refractivity contribution in [2.75, 3.05) is 18.2 Å². The van der Waals surface area contributed by atoms with E-state index in [4.69, 9.17) is 4.74 Å². The number of carbonyl (C=O) groups is 1. The SMILES string of the molecule is COc1cccc(-c2cc(=O)[nH]c(SCC(=O)Nc3ncn[nH]3)n2)c1. The number of methoxy groups -OCH3 is 1. The second-order valence-electron chi connectivity index (χ2n) is 4.84. The Hall–Kier alpha value is -3.14. The molecule has 0 saturated carbocycles. The van der Waals surface area contributed by atoms with Gasteiger partial charge in [-0.2, -0.15) is 10.1 Å². The first-order chi connectivity index (χ1) is 12.1. The molecule has 2 aromatic heterocycles. The van der Waals surface area contributed by atoms with Crippen LogP contribution in [0.5, 0.6) is 5.75 Å². The second-order valence-corrected chi connectivity index (χ2v) is 5.80. The molecule has 0 aliphatic heterocycles. The van der Waals surface area contributed by atoms with Gasteiger partial charge in [0.15, 0.2) is 5.16 Å². The Labute approximate surface area is 146 Å². The van der Waals surface area contributed by atoms with Crippen LogP contribution >= 0.6 is 11.8 Å². The highest BCUT2D eigenvalue weighted by molar-refractivity contribution is 7.99. The fraction of sp³-hybridized carbons (Fsp3) is 0.133. The van der Waals surface area contributed by atoms with Gasteiger partial charge in [-0.1, -0.05) is 23.9 Å². The van der Waals surface area contributed by atoms with Crippen molar-refractivity contribution in [1.82, 2.24) is 25.1 Å². The zero-order valence-electron chi connectivity index (χ0n) is 13.1. The number of nitrogens with zero attached hydrogens (tertiary/aromatic N) is 3. The molecule has 1 aromatic carbocycles. The fourth-order valence-electron chi connectivity index (χ4n) is 2.00. The van der Waals surface area contributed by atoms with Gasteiger partial charge in [0.25, 0.3) is 5.56 Å². The van der Waals surface area contributed by atoms with Crippen LogP contribution in [0, 0.1) is 0 Å². The van der Waals surface area contributed by atoms with E-state index < -0.39 is 0 Å². The van der Waals surface area contributed by atoms with Crippen molar-refractivity contribution in [1.29, 1.82) is 0 Å². The Morgan fingerprint density at radius 2 is 2.24 bits per heavy atom. The quantitative estimate of drug-likeness (QED) is 0.448. The first-order valence-corrected chi connectivity index (χ1v) is 8.16. The molecule has 1 amide bonds. The molecule has 0 saturated heterocycles. The average Bonchev–Trinajstić information content (AvgIpc) is 3.12. The molecule has 9 nitrogen and oxygen atoms in total. The molecule has 0 bridgehead atoms. The number of carbonyl (C=O) groups excluding carboxylic acids is 1. The van der Waals surface area contributed by atoms with Crippen LogP contribution in [-0.2, 0) is 4.79 Å². The number of amides is 1. The van der Waals surface area contributed by atoms with Gasteiger partial charge in [0.2, 0.25) is 11.9 Å². The van der Waals surface area contributed by atoms with Crippen LogP contribution in [0.1, 0.15) is 0 Å². The van der Waals surface area contributed by atoms with Crippen molar-refractivity contribution in [3.63, 3.8) is 0 Å². The van der Waals surface area contributed by atoms with Crippen molar-refractivity contribution in [2.45, 2.75) is 5.16 Å². The first kappa shape index (κ1) is 16.7. The molecule has 25 heavy (non-hydrogen) atoms. The van der Waals surface area contributed by atoms with Crippen molar-refractivity contribution >= 4 is 23.6 Å². The maximum Gasteiger partial charge on any atom is 0.252 e. The molecule has 0 aliphatic carbocycles. The van der Waals surface area contributed by atoms with Gasteiger partial charge in [-0.05, 0) is 12.1 Å². The fourth-order valence-corrected chi connectivity index (χ4v) is 2.68. The lowest BCUT2D eigenvalue weighted by Crippen LogP contribution is -2.16. The summed E-state index contributed by atoms with van der Waals surface area (Å²) in [6.45, 7) is 0. The van der Waals surface area contributed by atoms with Crippen molar-refractivity contribution < 1.29 is 9.53 Å². The average molecular weight is 358 g/mol. The molecule has 0 aliphatic rings. The minimum Gasteiger partial charge on any atom is -0.497 e. The molecule has 128 valence electrons. The van der Waals surface area contributed by atoms with Gasteiger partial charge in [0, 0.05) is 11.6 Å². The maximum atomic E-state index is 11.9. The summed E-state index contributed by atoms with van der Waals surface area (Å²) >= 11 is 1.11. The number of thioether (sulfide) groups is 1. The highest BCUT2D eigenvalue weighted by Crippen LogP contribution is 2.22. The Kier molecular flexibility index (Phi) is 5.09. The van der Waals surface area contributed by atoms with E-state index in [0.29, 0.717) is 16.6 Å². The number of rotatable bonds is 6. The van der Waals surface area contributed by atoms with Crippen LogP contribution in [-0.4, -0.2) is 43.9 Å². The molecule has 0 atom stereocenters. The molecular weight excluding hydrogens is 344 g/mol. The summed E-state index contributed by atoms with van der Waals surface area (Å²) < 4.78 is 5.18. The Balaban J connectivity index is 1.73. The molecule has 0 spiro atoms. The third-order valence-corrected chi connectivity index (χ3v) is 3.97. The third-order valence-electron chi connectivity index (χ3n) is 3.10. The molecule has 0 fully saturated rings. The van der Waals surface area contributed by atoms with Crippen molar-refractivity contribution in [3.8, 4) is 17.0 Å². The van der Waals surface area contributed by atoms with Crippen LogP contribution < -0.4 is 15.6 Å². The molecule has 0 radical (unpaired) electrons. The van der Waals surface area contributed by atoms with Crippen LogP contribution in [0.3, 0.4) is 0 Å². The van der Waals surface area contributed by atoms with Crippen LogP contribution in [0.2, 0.25) is 0 Å². The summed E-state index contributed by atoms with van der Waals surface area (Å²) in [6.07, 6.45) is 1.29. The van der Waals surface area contributed by atoms with Crippen LogP contribution in [0.15, 0.2) is 46.6 Å². The van der Waals surface area contributed by atoms with Gasteiger partial charge in [-0.15, -0.1) is 0 Å². The lowest BCUT2D eigenvalue weighted by Gasteiger charge is -2.06. The summed E-state index contributed by atoms with van der Waals surface area (Å²) in [4.78, 5) is 34.5. The molecular formula is C15H14N6O3S. The minimum absolute atomic E-state index is 0.0607. The molecule has 3 aromatic rings. The summed E-state index contributed by atoms with van der Waals surface area (Å²) in [5, 5.41) is 9.05. The number of nitrogens with one attached hydrogen (secondary N) is 3. The number of aromatic nitrogens is 5. The van der Waals surface area contributed by atoms with E-state index in [9.17, 15) is 9.59 Å². The van der Waals surface area contributed by atoms with E-state index in [2.05, 4.69) is 30.5 Å². The minimum atomic E-state index is -0.300. The van der Waals surface area contributed by atoms with Gasteiger partial charge in [-0.25, -0.2) is 10.1 Å². The molecule has 10 heteroatoms. The first-order valence-electron chi connectivity index (χ1n) is 7.18. The summed E-state index contributed by atoms with van der Waals surface area (Å²) in [5.74, 6) is 0.694. The number of aromatic amines is 2. The van der Waals surface area contributed by atoms with Gasteiger partial charge in [-0.3, -0.25) is 14.9 Å². The van der Waals surface area contributed by atoms with Gasteiger partial charge >= 0.3 is 0 Å². The highest BCUT2D eigenvalue weighted by atomic mass is 32.2. The number of benzene rings is 1. The van der Waals surface area contributed by atoms with E-state index in [-0.39, 0.29) is 23.2 Å². The number of hydrogen-bond acceptors (Lipinski definition) is 7. The zero-order chi connectivity index (χ0) is 17.6. The topological polar surface area (TPSA) is 126 Å². The molecule has 3 rings (SSSR count). The van der Waals surface area contributed by atoms with Crippen molar-refractivity contribution in [3.05, 3.63) is 47.0 Å². The number of ether oxygens (including phenoxy) is 1. The Morgan fingerprint density at radius 1 is 1.36 bits per heavy atom. The predicted molar refractivity (Wildman–Crippen MR) is 92.6 cm³/mol. The lowest BCUT2D eigenvalue weighted by atomic mass is 10.1. The normalized spacial score (nSPS) is 10.4. The number of hydrogen-bond donors (Lipinski definition) is 3. The lowest BCUT2D eigenvalue weighted by molar-refractivity contribution is -0.113. The largest absolute Gasteiger partial charge is 0.497 e. The smallest absolute Gasteiger partial charge is 0.252 e. The summed E-state index contributed by atoms with van der Waals surface area (Å²) in [6, 6.07) is 8.63. The number of anilines is 1. The highest BCUT2D eigenvalue weighted by Gasteiger charge is 2.09. The van der Waals surface area contributed by atoms with Gasteiger partial charge < -0.3 is 9.72 Å². The number of H-pyrrole nitrogens is 2. The van der Waals surface area contributed by atoms with Gasteiger partial charge in [0.1, 0.15) is 12.1 Å². The maximum absolute atomic E-state index is 11.9. The Bertz CT molecular complexity index is 925. The van der Waals surface area contributed by atoms with E-state index in [1.54, 1.807) is 19.2 Å². The van der Waals surface area contributed by atoms with E-state index in [0.717, 1.165) is 17.3 Å². The molecule has 0 unspecified atom stereocenters. The van der Waals surface area contributed by atoms with Gasteiger partial charge in [0.05, 0.1) is 18.6 Å². The van der Waals surface area contributed by atoms with E-state index >= 15 is 0 Å². The standard InChI is InChI=1S/C15H14N6O3S/c1-24-10-4-2-3-9(5-10)11-6-12(22)20-15(18-11)25-7-13(23)19-14-16-8-17-21-14/h2-6,8H,7H2,1H3,(H,18,20,22)(H2,16,17,19,21,23). The van der Waals surface area contributed by atoms with Crippen LogP contribution in [0.4, 0.5) is 5.95 Å². The monoisotopic (exact) mass is 358 g/mol. The molecule has 2 heterocycles. The summed E-state index contributed by atoms with van der Waals surface area (Å²) in [5.41, 5.74) is 0.949. The Morgan fingerprint density at radius 3 is 3.00 bits per heavy atom. The van der Waals surface area contributed by atoms with E-state index in [1.807, 2.05) is 12.1 Å². The second kappa shape index (κ2) is 7.62. The third kappa shape index (κ3) is 4.44. The van der Waals surface area contributed by atoms with E-state index in [1.165, 1.54) is 12.4 Å².